The SMILES string of the molecule is CCCCCCCCCCCCCCC/C=C/O[C@H]1[C@H](O)[C@@H](O)CO[C@@H]1CO. The molecule has 5 nitrogen and oxygen atoms in total. The zero-order chi connectivity index (χ0) is 20.5. The fraction of sp³-hybridized carbons (Fsp3) is 0.913. The summed E-state index contributed by atoms with van der Waals surface area (Å²) in [6.07, 6.45) is 18.6. The second-order valence-corrected chi connectivity index (χ2v) is 8.12. The number of allylic oxidation sites excluding steroid dienone is 1. The molecule has 0 aliphatic carbocycles. The van der Waals surface area contributed by atoms with Gasteiger partial charge in [0.2, 0.25) is 0 Å². The molecule has 4 atom stereocenters. The van der Waals surface area contributed by atoms with E-state index < -0.39 is 24.4 Å². The van der Waals surface area contributed by atoms with E-state index in [0.717, 1.165) is 12.8 Å². The quantitative estimate of drug-likeness (QED) is 0.248. The van der Waals surface area contributed by atoms with Crippen molar-refractivity contribution in [3.8, 4) is 0 Å². The van der Waals surface area contributed by atoms with Gasteiger partial charge in [-0.05, 0) is 18.9 Å². The van der Waals surface area contributed by atoms with Crippen LogP contribution in [-0.4, -0.2) is 52.9 Å². The number of aliphatic hydroxyl groups excluding tert-OH is 3. The summed E-state index contributed by atoms with van der Waals surface area (Å²) in [6, 6.07) is 0. The highest BCUT2D eigenvalue weighted by molar-refractivity contribution is 4.89. The molecular formula is C23H44O5. The predicted molar refractivity (Wildman–Crippen MR) is 113 cm³/mol. The monoisotopic (exact) mass is 400 g/mol. The average molecular weight is 401 g/mol. The fourth-order valence-electron chi connectivity index (χ4n) is 3.67. The maximum absolute atomic E-state index is 9.96. The van der Waals surface area contributed by atoms with E-state index in [1.165, 1.54) is 77.0 Å². The zero-order valence-corrected chi connectivity index (χ0v) is 17.9. The molecule has 5 heteroatoms. The highest BCUT2D eigenvalue weighted by atomic mass is 16.6. The largest absolute Gasteiger partial charge is 0.493 e. The minimum Gasteiger partial charge on any atom is -0.493 e. The third kappa shape index (κ3) is 11.4. The molecular weight excluding hydrogens is 356 g/mol. The van der Waals surface area contributed by atoms with Crippen molar-refractivity contribution in [1.82, 2.24) is 0 Å². The summed E-state index contributed by atoms with van der Waals surface area (Å²) in [5.74, 6) is 0. The number of hydrogen-bond acceptors (Lipinski definition) is 5. The van der Waals surface area contributed by atoms with Crippen molar-refractivity contribution in [2.75, 3.05) is 13.2 Å². The third-order valence-electron chi connectivity index (χ3n) is 5.56. The van der Waals surface area contributed by atoms with Crippen molar-refractivity contribution in [3.05, 3.63) is 12.3 Å². The Bertz CT molecular complexity index is 372. The van der Waals surface area contributed by atoms with Gasteiger partial charge in [0.1, 0.15) is 18.3 Å². The first-order valence-electron chi connectivity index (χ1n) is 11.6. The van der Waals surface area contributed by atoms with Crippen LogP contribution in [0.2, 0.25) is 0 Å². The lowest BCUT2D eigenvalue weighted by molar-refractivity contribution is -0.197. The fourth-order valence-corrected chi connectivity index (χ4v) is 3.67. The van der Waals surface area contributed by atoms with E-state index in [1.807, 2.05) is 6.08 Å². The summed E-state index contributed by atoms with van der Waals surface area (Å²) in [4.78, 5) is 0. The van der Waals surface area contributed by atoms with Gasteiger partial charge in [-0.15, -0.1) is 0 Å². The summed E-state index contributed by atoms with van der Waals surface area (Å²) < 4.78 is 10.8. The van der Waals surface area contributed by atoms with Gasteiger partial charge < -0.3 is 24.8 Å². The number of hydrogen-bond donors (Lipinski definition) is 3. The van der Waals surface area contributed by atoms with Crippen LogP contribution in [0.1, 0.15) is 96.8 Å². The van der Waals surface area contributed by atoms with Gasteiger partial charge in [0.25, 0.3) is 0 Å². The topological polar surface area (TPSA) is 79.2 Å². The zero-order valence-electron chi connectivity index (χ0n) is 17.9. The van der Waals surface area contributed by atoms with Crippen LogP contribution in [0, 0.1) is 0 Å². The molecule has 1 aliphatic heterocycles. The van der Waals surface area contributed by atoms with E-state index in [1.54, 1.807) is 6.26 Å². The van der Waals surface area contributed by atoms with Gasteiger partial charge in [0, 0.05) is 0 Å². The maximum Gasteiger partial charge on any atom is 0.154 e. The third-order valence-corrected chi connectivity index (χ3v) is 5.56. The van der Waals surface area contributed by atoms with Crippen LogP contribution in [0.15, 0.2) is 12.3 Å². The van der Waals surface area contributed by atoms with Gasteiger partial charge in [-0.1, -0.05) is 84.0 Å². The van der Waals surface area contributed by atoms with Gasteiger partial charge in [0.05, 0.1) is 19.5 Å². The van der Waals surface area contributed by atoms with Crippen molar-refractivity contribution in [2.45, 2.75) is 121 Å². The molecule has 28 heavy (non-hydrogen) atoms. The Morgan fingerprint density at radius 2 is 1.39 bits per heavy atom. The van der Waals surface area contributed by atoms with Crippen molar-refractivity contribution in [3.63, 3.8) is 0 Å². The van der Waals surface area contributed by atoms with E-state index in [0.29, 0.717) is 0 Å². The lowest BCUT2D eigenvalue weighted by atomic mass is 10.0. The molecule has 166 valence electrons. The Balaban J connectivity index is 1.91. The van der Waals surface area contributed by atoms with Crippen LogP contribution in [0.4, 0.5) is 0 Å². The van der Waals surface area contributed by atoms with Crippen molar-refractivity contribution < 1.29 is 24.8 Å². The first-order chi connectivity index (χ1) is 13.7. The van der Waals surface area contributed by atoms with E-state index in [-0.39, 0.29) is 13.2 Å². The number of aliphatic hydroxyl groups is 3. The Morgan fingerprint density at radius 1 is 0.857 bits per heavy atom. The molecule has 0 radical (unpaired) electrons. The smallest absolute Gasteiger partial charge is 0.154 e. The normalized spacial score (nSPS) is 25.4. The van der Waals surface area contributed by atoms with E-state index in [4.69, 9.17) is 9.47 Å². The Morgan fingerprint density at radius 3 is 1.93 bits per heavy atom. The molecule has 0 unspecified atom stereocenters. The van der Waals surface area contributed by atoms with Crippen LogP contribution < -0.4 is 0 Å². The van der Waals surface area contributed by atoms with E-state index in [9.17, 15) is 15.3 Å². The summed E-state index contributed by atoms with van der Waals surface area (Å²) in [7, 11) is 0. The highest BCUT2D eigenvalue weighted by Crippen LogP contribution is 2.19. The summed E-state index contributed by atoms with van der Waals surface area (Å²) in [5, 5.41) is 28.9. The van der Waals surface area contributed by atoms with Crippen molar-refractivity contribution >= 4 is 0 Å². The molecule has 0 aromatic rings. The second-order valence-electron chi connectivity index (χ2n) is 8.12. The molecule has 0 amide bonds. The molecule has 1 fully saturated rings. The van der Waals surface area contributed by atoms with Crippen LogP contribution in [0.3, 0.4) is 0 Å². The van der Waals surface area contributed by atoms with Gasteiger partial charge in [0.15, 0.2) is 6.10 Å². The first-order valence-corrected chi connectivity index (χ1v) is 11.6. The predicted octanol–water partition coefficient (Wildman–Crippen LogP) is 4.48. The Labute approximate surface area is 172 Å². The van der Waals surface area contributed by atoms with Gasteiger partial charge >= 0.3 is 0 Å². The van der Waals surface area contributed by atoms with Crippen LogP contribution in [0.5, 0.6) is 0 Å². The van der Waals surface area contributed by atoms with Crippen LogP contribution in [-0.2, 0) is 9.47 Å². The maximum atomic E-state index is 9.96. The average Bonchev–Trinajstić information content (AvgIpc) is 2.70. The lowest BCUT2D eigenvalue weighted by Gasteiger charge is -2.36. The minimum atomic E-state index is -1.04. The molecule has 1 heterocycles. The van der Waals surface area contributed by atoms with Crippen molar-refractivity contribution in [2.24, 2.45) is 0 Å². The highest BCUT2D eigenvalue weighted by Gasteiger charge is 2.39. The Kier molecular flexibility index (Phi) is 15.7. The second kappa shape index (κ2) is 17.3. The molecule has 0 aromatic heterocycles. The first kappa shape index (κ1) is 25.4. The lowest BCUT2D eigenvalue weighted by Crippen LogP contribution is -2.54. The molecule has 0 saturated carbocycles. The van der Waals surface area contributed by atoms with Crippen LogP contribution in [0.25, 0.3) is 0 Å². The molecule has 1 aliphatic rings. The molecule has 3 N–H and O–H groups in total. The Hall–Kier alpha value is -0.620. The molecule has 0 spiro atoms. The molecule has 1 saturated heterocycles. The number of ether oxygens (including phenoxy) is 2. The summed E-state index contributed by atoms with van der Waals surface area (Å²) >= 11 is 0. The molecule has 0 aromatic carbocycles. The standard InChI is InChI=1S/C23H44O5/c1-2-3-4-5-6-7-8-9-10-11-12-13-14-15-16-17-27-23-21(18-24)28-19-20(25)22(23)26/h16-17,20-26H,2-15,18-19H2,1H3/b17-16+/t20-,21+,22+,23+/m0/s1. The summed E-state index contributed by atoms with van der Waals surface area (Å²) in [5.41, 5.74) is 0. The van der Waals surface area contributed by atoms with Gasteiger partial charge in [-0.3, -0.25) is 0 Å². The molecule has 0 bridgehead atoms. The van der Waals surface area contributed by atoms with Crippen LogP contribution >= 0.6 is 0 Å². The number of unbranched alkanes of at least 4 members (excludes halogenated alkanes) is 13. The van der Waals surface area contributed by atoms with Gasteiger partial charge in [-0.2, -0.15) is 0 Å². The van der Waals surface area contributed by atoms with E-state index in [2.05, 4.69) is 6.92 Å². The van der Waals surface area contributed by atoms with Crippen molar-refractivity contribution in [1.29, 1.82) is 0 Å². The number of rotatable bonds is 17. The molecule has 1 rings (SSSR count). The minimum absolute atomic E-state index is 0.0227. The van der Waals surface area contributed by atoms with E-state index >= 15 is 0 Å². The summed E-state index contributed by atoms with van der Waals surface area (Å²) in [6.45, 7) is 2.05. The van der Waals surface area contributed by atoms with Gasteiger partial charge in [-0.25, -0.2) is 0 Å².